The highest BCUT2D eigenvalue weighted by molar-refractivity contribution is 5.28. The Morgan fingerprint density at radius 3 is 3.00 bits per heavy atom. The Bertz CT molecular complexity index is 378. The van der Waals surface area contributed by atoms with Gasteiger partial charge < -0.3 is 5.32 Å². The summed E-state index contributed by atoms with van der Waals surface area (Å²) < 4.78 is 13.8. The maximum Gasteiger partial charge on any atom is 0.127 e. The maximum atomic E-state index is 13.8. The number of benzene rings is 1. The lowest BCUT2D eigenvalue weighted by Crippen LogP contribution is -2.48. The van der Waals surface area contributed by atoms with E-state index in [1.807, 2.05) is 6.07 Å². The Hall–Kier alpha value is -0.930. The molecule has 0 amide bonds. The first-order chi connectivity index (χ1) is 8.20. The van der Waals surface area contributed by atoms with Crippen molar-refractivity contribution >= 4 is 0 Å². The van der Waals surface area contributed by atoms with Gasteiger partial charge >= 0.3 is 0 Å². The number of hydrogen-bond acceptors (Lipinski definition) is 2. The van der Waals surface area contributed by atoms with Crippen molar-refractivity contribution in [3.05, 3.63) is 35.1 Å². The monoisotopic (exact) mass is 236 g/mol. The molecular weight excluding hydrogens is 215 g/mol. The molecule has 1 N–H and O–H groups in total. The van der Waals surface area contributed by atoms with Crippen LogP contribution in [0.15, 0.2) is 18.2 Å². The Morgan fingerprint density at radius 2 is 2.29 bits per heavy atom. The molecule has 1 atom stereocenters. The Morgan fingerprint density at radius 1 is 1.47 bits per heavy atom. The predicted octanol–water partition coefficient (Wildman–Crippen LogP) is 2.18. The Balaban J connectivity index is 2.12. The summed E-state index contributed by atoms with van der Waals surface area (Å²) in [4.78, 5) is 2.33. The highest BCUT2D eigenvalue weighted by atomic mass is 19.1. The van der Waals surface area contributed by atoms with Crippen LogP contribution in [0.3, 0.4) is 0 Å². The van der Waals surface area contributed by atoms with E-state index in [0.29, 0.717) is 6.04 Å². The highest BCUT2D eigenvalue weighted by Crippen LogP contribution is 2.17. The summed E-state index contributed by atoms with van der Waals surface area (Å²) in [5.74, 6) is -0.0597. The zero-order valence-corrected chi connectivity index (χ0v) is 10.7. The van der Waals surface area contributed by atoms with E-state index in [1.165, 1.54) is 0 Å². The third-order valence-corrected chi connectivity index (χ3v) is 3.43. The van der Waals surface area contributed by atoms with Crippen LogP contribution in [0.5, 0.6) is 0 Å². The number of rotatable bonds is 3. The molecule has 1 aliphatic heterocycles. The molecule has 1 fully saturated rings. The van der Waals surface area contributed by atoms with Crippen molar-refractivity contribution in [2.75, 3.05) is 19.6 Å². The molecule has 2 nitrogen and oxygen atoms in total. The summed E-state index contributed by atoms with van der Waals surface area (Å²) in [5, 5.41) is 3.41. The van der Waals surface area contributed by atoms with Crippen molar-refractivity contribution in [1.82, 2.24) is 10.2 Å². The largest absolute Gasteiger partial charge is 0.312 e. The smallest absolute Gasteiger partial charge is 0.127 e. The van der Waals surface area contributed by atoms with Gasteiger partial charge in [0.1, 0.15) is 5.82 Å². The minimum absolute atomic E-state index is 0.0597. The van der Waals surface area contributed by atoms with Crippen LogP contribution in [0.1, 0.15) is 25.0 Å². The normalized spacial score (nSPS) is 21.7. The van der Waals surface area contributed by atoms with E-state index in [-0.39, 0.29) is 5.82 Å². The topological polar surface area (TPSA) is 15.3 Å². The molecule has 1 aromatic rings. The molecule has 1 unspecified atom stereocenters. The van der Waals surface area contributed by atoms with Crippen LogP contribution in [-0.4, -0.2) is 30.6 Å². The second kappa shape index (κ2) is 5.61. The number of piperazine rings is 1. The summed E-state index contributed by atoms with van der Waals surface area (Å²) in [5.41, 5.74) is 2.01. The average Bonchev–Trinajstić information content (AvgIpc) is 2.32. The van der Waals surface area contributed by atoms with Crippen LogP contribution in [0.4, 0.5) is 4.39 Å². The van der Waals surface area contributed by atoms with Gasteiger partial charge in [-0.15, -0.1) is 0 Å². The third kappa shape index (κ3) is 3.05. The van der Waals surface area contributed by atoms with Crippen LogP contribution in [0, 0.1) is 5.82 Å². The van der Waals surface area contributed by atoms with Gasteiger partial charge in [-0.3, -0.25) is 4.90 Å². The molecule has 94 valence electrons. The van der Waals surface area contributed by atoms with Crippen molar-refractivity contribution in [2.45, 2.75) is 32.9 Å². The fraction of sp³-hybridized carbons (Fsp3) is 0.571. The second-order valence-corrected chi connectivity index (χ2v) is 4.82. The van der Waals surface area contributed by atoms with Gasteiger partial charge in [-0.1, -0.05) is 19.1 Å². The van der Waals surface area contributed by atoms with Gasteiger partial charge in [0, 0.05) is 37.8 Å². The molecule has 1 saturated heterocycles. The quantitative estimate of drug-likeness (QED) is 0.865. The van der Waals surface area contributed by atoms with Crippen LogP contribution < -0.4 is 5.32 Å². The van der Waals surface area contributed by atoms with Crippen molar-refractivity contribution in [1.29, 1.82) is 0 Å². The van der Waals surface area contributed by atoms with E-state index < -0.39 is 0 Å². The number of halogens is 1. The second-order valence-electron chi connectivity index (χ2n) is 4.82. The number of hydrogen-bond donors (Lipinski definition) is 1. The molecule has 0 spiro atoms. The molecule has 1 aromatic carbocycles. The first-order valence-corrected chi connectivity index (χ1v) is 6.42. The number of nitrogens with zero attached hydrogens (tertiary/aromatic N) is 1. The standard InChI is InChI=1S/C14H21FN2/c1-3-12-5-4-6-14(15)13(12)10-17-8-7-16-11(2)9-17/h4-6,11,16H,3,7-10H2,1-2H3. The Labute approximate surface area is 103 Å². The van der Waals surface area contributed by atoms with E-state index in [1.54, 1.807) is 12.1 Å². The lowest BCUT2D eigenvalue weighted by Gasteiger charge is -2.32. The maximum absolute atomic E-state index is 13.8. The lowest BCUT2D eigenvalue weighted by atomic mass is 10.0. The molecule has 0 aliphatic carbocycles. The first-order valence-electron chi connectivity index (χ1n) is 6.42. The fourth-order valence-corrected chi connectivity index (χ4v) is 2.49. The summed E-state index contributed by atoms with van der Waals surface area (Å²) >= 11 is 0. The van der Waals surface area contributed by atoms with Gasteiger partial charge in [-0.05, 0) is 25.0 Å². The van der Waals surface area contributed by atoms with Crippen molar-refractivity contribution < 1.29 is 4.39 Å². The SMILES string of the molecule is CCc1cccc(F)c1CN1CCNC(C)C1. The van der Waals surface area contributed by atoms with Gasteiger partial charge in [0.2, 0.25) is 0 Å². The van der Waals surface area contributed by atoms with Crippen molar-refractivity contribution in [3.8, 4) is 0 Å². The highest BCUT2D eigenvalue weighted by Gasteiger charge is 2.18. The summed E-state index contributed by atoms with van der Waals surface area (Å²) in [6, 6.07) is 5.91. The predicted molar refractivity (Wildman–Crippen MR) is 68.5 cm³/mol. The molecule has 0 radical (unpaired) electrons. The van der Waals surface area contributed by atoms with Gasteiger partial charge in [0.15, 0.2) is 0 Å². The lowest BCUT2D eigenvalue weighted by molar-refractivity contribution is 0.197. The molecule has 2 rings (SSSR count). The fourth-order valence-electron chi connectivity index (χ4n) is 2.49. The van der Waals surface area contributed by atoms with Gasteiger partial charge in [-0.2, -0.15) is 0 Å². The molecule has 0 saturated carbocycles. The van der Waals surface area contributed by atoms with Gasteiger partial charge in [0.05, 0.1) is 0 Å². The van der Waals surface area contributed by atoms with Gasteiger partial charge in [0.25, 0.3) is 0 Å². The zero-order valence-electron chi connectivity index (χ0n) is 10.7. The first kappa shape index (κ1) is 12.5. The minimum atomic E-state index is -0.0597. The van der Waals surface area contributed by atoms with Gasteiger partial charge in [-0.25, -0.2) is 4.39 Å². The molecule has 0 aromatic heterocycles. The molecule has 1 heterocycles. The summed E-state index contributed by atoms with van der Waals surface area (Å²) in [6.07, 6.45) is 0.898. The molecular formula is C14H21FN2. The van der Waals surface area contributed by atoms with E-state index >= 15 is 0 Å². The van der Waals surface area contributed by atoms with E-state index in [9.17, 15) is 4.39 Å². The minimum Gasteiger partial charge on any atom is -0.312 e. The zero-order chi connectivity index (χ0) is 12.3. The number of aryl methyl sites for hydroxylation is 1. The van der Waals surface area contributed by atoms with E-state index in [2.05, 4.69) is 24.1 Å². The molecule has 1 aliphatic rings. The van der Waals surface area contributed by atoms with E-state index in [0.717, 1.165) is 43.7 Å². The number of nitrogens with one attached hydrogen (secondary N) is 1. The molecule has 3 heteroatoms. The molecule has 17 heavy (non-hydrogen) atoms. The summed E-state index contributed by atoms with van der Waals surface area (Å²) in [6.45, 7) is 7.99. The average molecular weight is 236 g/mol. The van der Waals surface area contributed by atoms with E-state index in [4.69, 9.17) is 0 Å². The van der Waals surface area contributed by atoms with Crippen molar-refractivity contribution in [2.24, 2.45) is 0 Å². The van der Waals surface area contributed by atoms with Crippen molar-refractivity contribution in [3.63, 3.8) is 0 Å². The van der Waals surface area contributed by atoms with Crippen LogP contribution in [0.2, 0.25) is 0 Å². The molecule has 0 bridgehead atoms. The van der Waals surface area contributed by atoms with Crippen LogP contribution in [0.25, 0.3) is 0 Å². The summed E-state index contributed by atoms with van der Waals surface area (Å²) in [7, 11) is 0. The third-order valence-electron chi connectivity index (χ3n) is 3.43. The van der Waals surface area contributed by atoms with Crippen LogP contribution in [-0.2, 0) is 13.0 Å². The Kier molecular flexibility index (Phi) is 4.13. The van der Waals surface area contributed by atoms with Crippen LogP contribution >= 0.6 is 0 Å².